The summed E-state index contributed by atoms with van der Waals surface area (Å²) in [4.78, 5) is 10.9. The van der Waals surface area contributed by atoms with Gasteiger partial charge in [0.2, 0.25) is 5.91 Å². The Hall–Kier alpha value is -0.830. The minimum atomic E-state index is 0.182. The van der Waals surface area contributed by atoms with Gasteiger partial charge in [-0.3, -0.25) is 4.79 Å². The van der Waals surface area contributed by atoms with Crippen LogP contribution in [0, 0.1) is 0 Å². The molecule has 3 heteroatoms. The van der Waals surface area contributed by atoms with Crippen molar-refractivity contribution in [3.05, 3.63) is 12.2 Å². The van der Waals surface area contributed by atoms with Crippen LogP contribution in [0.1, 0.15) is 26.2 Å². The highest BCUT2D eigenvalue weighted by molar-refractivity contribution is 5.78. The molecule has 0 spiro atoms. The van der Waals surface area contributed by atoms with Gasteiger partial charge >= 0.3 is 0 Å². The first-order chi connectivity index (χ1) is 6.22. The van der Waals surface area contributed by atoms with Crippen LogP contribution >= 0.6 is 0 Å². The molecule has 1 rings (SSSR count). The molecule has 1 aliphatic rings. The quantitative estimate of drug-likeness (QED) is 0.618. The number of rotatable bonds is 5. The van der Waals surface area contributed by atoms with Gasteiger partial charge in [-0.25, -0.2) is 0 Å². The normalized spacial score (nSPS) is 21.6. The number of carbonyl (C=O) groups excluding carboxylic acids is 1. The van der Waals surface area contributed by atoms with Crippen molar-refractivity contribution in [1.29, 1.82) is 0 Å². The van der Waals surface area contributed by atoms with Gasteiger partial charge in [0, 0.05) is 25.6 Å². The monoisotopic (exact) mass is 182 g/mol. The molecule has 74 valence electrons. The molecule has 1 saturated heterocycles. The lowest BCUT2D eigenvalue weighted by Crippen LogP contribution is -2.36. The third-order valence-electron chi connectivity index (χ3n) is 2.35. The third-order valence-corrected chi connectivity index (χ3v) is 2.35. The molecule has 2 N–H and O–H groups in total. The summed E-state index contributed by atoms with van der Waals surface area (Å²) in [5.41, 5.74) is 1.21. The van der Waals surface area contributed by atoms with E-state index in [0.29, 0.717) is 12.5 Å². The Bertz CT molecular complexity index is 201. The molecular weight excluding hydrogens is 164 g/mol. The molecule has 0 aromatic heterocycles. The SMILES string of the molecule is C=C(CC)CNCC1CCC(=O)N1. The van der Waals surface area contributed by atoms with Crippen LogP contribution in [-0.4, -0.2) is 25.0 Å². The lowest BCUT2D eigenvalue weighted by molar-refractivity contribution is -0.119. The maximum absolute atomic E-state index is 10.9. The van der Waals surface area contributed by atoms with E-state index in [0.717, 1.165) is 25.9 Å². The zero-order chi connectivity index (χ0) is 9.68. The van der Waals surface area contributed by atoms with E-state index >= 15 is 0 Å². The second-order valence-electron chi connectivity index (χ2n) is 3.54. The van der Waals surface area contributed by atoms with E-state index in [2.05, 4.69) is 24.1 Å². The summed E-state index contributed by atoms with van der Waals surface area (Å²) in [5, 5.41) is 6.20. The maximum Gasteiger partial charge on any atom is 0.220 e. The van der Waals surface area contributed by atoms with Crippen molar-refractivity contribution in [2.45, 2.75) is 32.2 Å². The van der Waals surface area contributed by atoms with Crippen LogP contribution in [0.15, 0.2) is 12.2 Å². The van der Waals surface area contributed by atoms with Crippen LogP contribution in [0.25, 0.3) is 0 Å². The molecule has 1 heterocycles. The van der Waals surface area contributed by atoms with Crippen molar-refractivity contribution in [2.24, 2.45) is 0 Å². The molecule has 0 aromatic rings. The van der Waals surface area contributed by atoms with Gasteiger partial charge in [0.15, 0.2) is 0 Å². The summed E-state index contributed by atoms with van der Waals surface area (Å²) in [5.74, 6) is 0.182. The molecule has 1 aliphatic heterocycles. The van der Waals surface area contributed by atoms with Crippen molar-refractivity contribution in [3.8, 4) is 0 Å². The Morgan fingerprint density at radius 3 is 3.08 bits per heavy atom. The van der Waals surface area contributed by atoms with Gasteiger partial charge in [-0.05, 0) is 12.8 Å². The zero-order valence-electron chi connectivity index (χ0n) is 8.23. The lowest BCUT2D eigenvalue weighted by atomic mass is 10.2. The lowest BCUT2D eigenvalue weighted by Gasteiger charge is -2.11. The van der Waals surface area contributed by atoms with E-state index in [9.17, 15) is 4.79 Å². The number of carbonyl (C=O) groups is 1. The van der Waals surface area contributed by atoms with Gasteiger partial charge in [-0.15, -0.1) is 0 Å². The van der Waals surface area contributed by atoms with E-state index in [1.165, 1.54) is 5.57 Å². The highest BCUT2D eigenvalue weighted by atomic mass is 16.1. The van der Waals surface area contributed by atoms with Gasteiger partial charge in [-0.2, -0.15) is 0 Å². The van der Waals surface area contributed by atoms with E-state index in [1.807, 2.05) is 0 Å². The average Bonchev–Trinajstić information content (AvgIpc) is 2.51. The molecule has 1 unspecified atom stereocenters. The fraction of sp³-hybridized carbons (Fsp3) is 0.700. The number of nitrogens with one attached hydrogen (secondary N) is 2. The molecule has 0 bridgehead atoms. The van der Waals surface area contributed by atoms with E-state index in [1.54, 1.807) is 0 Å². The number of amides is 1. The molecule has 0 saturated carbocycles. The summed E-state index contributed by atoms with van der Waals surface area (Å²) in [6.07, 6.45) is 2.66. The van der Waals surface area contributed by atoms with Crippen LogP contribution < -0.4 is 10.6 Å². The Kier molecular flexibility index (Phi) is 3.96. The maximum atomic E-state index is 10.9. The fourth-order valence-corrected chi connectivity index (χ4v) is 1.38. The molecule has 3 nitrogen and oxygen atoms in total. The predicted molar refractivity (Wildman–Crippen MR) is 53.5 cm³/mol. The van der Waals surface area contributed by atoms with E-state index in [-0.39, 0.29) is 5.91 Å². The Morgan fingerprint density at radius 2 is 2.54 bits per heavy atom. The first-order valence-corrected chi connectivity index (χ1v) is 4.89. The third kappa shape index (κ3) is 3.59. The minimum absolute atomic E-state index is 0.182. The molecule has 13 heavy (non-hydrogen) atoms. The molecule has 0 radical (unpaired) electrons. The topological polar surface area (TPSA) is 41.1 Å². The van der Waals surface area contributed by atoms with E-state index < -0.39 is 0 Å². The second kappa shape index (κ2) is 5.02. The first kappa shape index (κ1) is 10.3. The molecule has 0 aliphatic carbocycles. The highest BCUT2D eigenvalue weighted by Crippen LogP contribution is 2.05. The number of hydrogen-bond donors (Lipinski definition) is 2. The summed E-state index contributed by atoms with van der Waals surface area (Å²) in [6, 6.07) is 0.331. The summed E-state index contributed by atoms with van der Waals surface area (Å²) in [7, 11) is 0. The van der Waals surface area contributed by atoms with E-state index in [4.69, 9.17) is 0 Å². The van der Waals surface area contributed by atoms with Crippen molar-refractivity contribution in [3.63, 3.8) is 0 Å². The second-order valence-corrected chi connectivity index (χ2v) is 3.54. The Labute approximate surface area is 79.6 Å². The van der Waals surface area contributed by atoms with Crippen LogP contribution in [0.5, 0.6) is 0 Å². The molecule has 1 atom stereocenters. The van der Waals surface area contributed by atoms with Crippen LogP contribution in [-0.2, 0) is 4.79 Å². The zero-order valence-corrected chi connectivity index (χ0v) is 8.23. The van der Waals surface area contributed by atoms with Gasteiger partial charge in [0.05, 0.1) is 0 Å². The number of hydrogen-bond acceptors (Lipinski definition) is 2. The highest BCUT2D eigenvalue weighted by Gasteiger charge is 2.19. The first-order valence-electron chi connectivity index (χ1n) is 4.89. The summed E-state index contributed by atoms with van der Waals surface area (Å²) >= 11 is 0. The van der Waals surface area contributed by atoms with Crippen molar-refractivity contribution in [2.75, 3.05) is 13.1 Å². The van der Waals surface area contributed by atoms with Crippen molar-refractivity contribution < 1.29 is 4.79 Å². The molecule has 0 aromatic carbocycles. The average molecular weight is 182 g/mol. The Balaban J connectivity index is 2.06. The predicted octanol–water partition coefficient (Wildman–Crippen LogP) is 0.821. The molecular formula is C10H18N2O. The fourth-order valence-electron chi connectivity index (χ4n) is 1.38. The van der Waals surface area contributed by atoms with Crippen LogP contribution in [0.3, 0.4) is 0 Å². The van der Waals surface area contributed by atoms with Crippen LogP contribution in [0.2, 0.25) is 0 Å². The van der Waals surface area contributed by atoms with Crippen molar-refractivity contribution in [1.82, 2.24) is 10.6 Å². The van der Waals surface area contributed by atoms with Gasteiger partial charge in [0.25, 0.3) is 0 Å². The van der Waals surface area contributed by atoms with Gasteiger partial charge < -0.3 is 10.6 Å². The minimum Gasteiger partial charge on any atom is -0.352 e. The van der Waals surface area contributed by atoms with Crippen molar-refractivity contribution >= 4 is 5.91 Å². The van der Waals surface area contributed by atoms with Crippen LogP contribution in [0.4, 0.5) is 0 Å². The van der Waals surface area contributed by atoms with Gasteiger partial charge in [0.1, 0.15) is 0 Å². The smallest absolute Gasteiger partial charge is 0.220 e. The Morgan fingerprint density at radius 1 is 1.77 bits per heavy atom. The largest absolute Gasteiger partial charge is 0.352 e. The standard InChI is InChI=1S/C10H18N2O/c1-3-8(2)6-11-7-9-4-5-10(13)12-9/h9,11H,2-7H2,1H3,(H,12,13). The summed E-state index contributed by atoms with van der Waals surface area (Å²) in [6.45, 7) is 7.73. The molecule has 1 fully saturated rings. The molecule has 1 amide bonds. The van der Waals surface area contributed by atoms with Gasteiger partial charge in [-0.1, -0.05) is 19.1 Å². The summed E-state index contributed by atoms with van der Waals surface area (Å²) < 4.78 is 0.